The third-order valence-electron chi connectivity index (χ3n) is 3.87. The lowest BCUT2D eigenvalue weighted by molar-refractivity contribution is 0.128. The van der Waals surface area contributed by atoms with Crippen molar-refractivity contribution in [3.63, 3.8) is 0 Å². The highest BCUT2D eigenvalue weighted by Gasteiger charge is 2.27. The summed E-state index contributed by atoms with van der Waals surface area (Å²) in [4.78, 5) is 4.47. The van der Waals surface area contributed by atoms with Crippen LogP contribution in [0.2, 0.25) is 0 Å². The van der Waals surface area contributed by atoms with E-state index in [4.69, 9.17) is 10.5 Å². The fraction of sp³-hybridized carbons (Fsp3) is 0.600. The molecule has 1 aromatic rings. The second-order valence-corrected chi connectivity index (χ2v) is 6.19. The third-order valence-corrected chi connectivity index (χ3v) is 3.87. The molecule has 1 aromatic carbocycles. The van der Waals surface area contributed by atoms with Crippen LogP contribution >= 0.6 is 0 Å². The van der Waals surface area contributed by atoms with Crippen molar-refractivity contribution in [2.45, 2.75) is 26.3 Å². The van der Waals surface area contributed by atoms with Crippen LogP contribution < -0.4 is 15.4 Å². The van der Waals surface area contributed by atoms with Gasteiger partial charge in [-0.2, -0.15) is 0 Å². The Kier molecular flexibility index (Phi) is 4.09. The van der Waals surface area contributed by atoms with Gasteiger partial charge in [-0.15, -0.1) is 0 Å². The lowest BCUT2D eigenvalue weighted by Crippen LogP contribution is -2.53. The minimum atomic E-state index is -0.285. The van der Waals surface area contributed by atoms with E-state index in [1.165, 1.54) is 6.07 Å². The number of halogens is 1. The summed E-state index contributed by atoms with van der Waals surface area (Å²) in [5, 5.41) is 0. The standard InChI is InChI=1S/C15H24FN3O/c1-15(2,3)19-7-5-18(6-8-19)13-10-14(20-4)12(17)9-11(13)16/h9-10H,5-8,17H2,1-4H3. The van der Waals surface area contributed by atoms with Crippen molar-refractivity contribution < 1.29 is 9.13 Å². The minimum absolute atomic E-state index is 0.156. The summed E-state index contributed by atoms with van der Waals surface area (Å²) in [6, 6.07) is 3.03. The SMILES string of the molecule is COc1cc(N2CCN(C(C)(C)C)CC2)c(F)cc1N. The van der Waals surface area contributed by atoms with E-state index in [0.29, 0.717) is 17.1 Å². The molecular formula is C15H24FN3O. The molecule has 1 fully saturated rings. The number of benzene rings is 1. The summed E-state index contributed by atoms with van der Waals surface area (Å²) in [5.74, 6) is 0.243. The summed E-state index contributed by atoms with van der Waals surface area (Å²) < 4.78 is 19.3. The number of methoxy groups -OCH3 is 1. The molecule has 0 aromatic heterocycles. The first-order valence-corrected chi connectivity index (χ1v) is 6.96. The highest BCUT2D eigenvalue weighted by atomic mass is 19.1. The van der Waals surface area contributed by atoms with Gasteiger partial charge >= 0.3 is 0 Å². The summed E-state index contributed by atoms with van der Waals surface area (Å²) in [6.07, 6.45) is 0. The van der Waals surface area contributed by atoms with E-state index < -0.39 is 0 Å². The van der Waals surface area contributed by atoms with Gasteiger partial charge in [0.15, 0.2) is 0 Å². The molecule has 20 heavy (non-hydrogen) atoms. The number of anilines is 2. The van der Waals surface area contributed by atoms with Gasteiger partial charge in [0, 0.05) is 43.9 Å². The van der Waals surface area contributed by atoms with Crippen molar-refractivity contribution in [2.75, 3.05) is 43.9 Å². The predicted molar refractivity (Wildman–Crippen MR) is 80.9 cm³/mol. The van der Waals surface area contributed by atoms with Crippen LogP contribution in [0.3, 0.4) is 0 Å². The Bertz CT molecular complexity index is 477. The molecule has 0 radical (unpaired) electrons. The largest absolute Gasteiger partial charge is 0.495 e. The monoisotopic (exact) mass is 281 g/mol. The van der Waals surface area contributed by atoms with E-state index in [-0.39, 0.29) is 11.4 Å². The maximum absolute atomic E-state index is 14.1. The average molecular weight is 281 g/mol. The highest BCUT2D eigenvalue weighted by Crippen LogP contribution is 2.31. The number of hydrogen-bond acceptors (Lipinski definition) is 4. The van der Waals surface area contributed by atoms with Gasteiger partial charge in [0.1, 0.15) is 11.6 Å². The van der Waals surface area contributed by atoms with Crippen molar-refractivity contribution in [1.29, 1.82) is 0 Å². The van der Waals surface area contributed by atoms with Gasteiger partial charge in [0.05, 0.1) is 18.5 Å². The van der Waals surface area contributed by atoms with Crippen molar-refractivity contribution in [1.82, 2.24) is 4.90 Å². The zero-order valence-corrected chi connectivity index (χ0v) is 12.7. The van der Waals surface area contributed by atoms with Crippen LogP contribution in [0.5, 0.6) is 5.75 Å². The predicted octanol–water partition coefficient (Wildman–Crippen LogP) is 2.34. The molecule has 0 unspecified atom stereocenters. The van der Waals surface area contributed by atoms with Crippen molar-refractivity contribution in [2.24, 2.45) is 0 Å². The molecule has 0 spiro atoms. The Labute approximate surface area is 120 Å². The molecule has 0 aliphatic carbocycles. The van der Waals surface area contributed by atoms with E-state index in [1.807, 2.05) is 0 Å². The Balaban J connectivity index is 2.15. The highest BCUT2D eigenvalue weighted by molar-refractivity contribution is 5.63. The normalized spacial score (nSPS) is 17.4. The average Bonchev–Trinajstić information content (AvgIpc) is 2.38. The number of rotatable bonds is 2. The summed E-state index contributed by atoms with van der Waals surface area (Å²) in [5.41, 5.74) is 6.78. The van der Waals surface area contributed by atoms with Crippen LogP contribution in [0.4, 0.5) is 15.8 Å². The third kappa shape index (κ3) is 2.98. The molecule has 1 aliphatic rings. The minimum Gasteiger partial charge on any atom is -0.495 e. The Morgan fingerprint density at radius 2 is 1.75 bits per heavy atom. The first-order valence-electron chi connectivity index (χ1n) is 6.96. The van der Waals surface area contributed by atoms with Gasteiger partial charge < -0.3 is 15.4 Å². The van der Waals surface area contributed by atoms with Crippen LogP contribution in [-0.4, -0.2) is 43.7 Å². The van der Waals surface area contributed by atoms with E-state index in [0.717, 1.165) is 26.2 Å². The summed E-state index contributed by atoms with van der Waals surface area (Å²) in [7, 11) is 1.55. The van der Waals surface area contributed by atoms with Gasteiger partial charge in [-0.25, -0.2) is 4.39 Å². The molecule has 2 N–H and O–H groups in total. The molecule has 0 amide bonds. The number of hydrogen-bond donors (Lipinski definition) is 1. The fourth-order valence-corrected chi connectivity index (χ4v) is 2.60. The molecule has 1 aliphatic heterocycles. The molecule has 5 heteroatoms. The van der Waals surface area contributed by atoms with E-state index in [2.05, 4.69) is 30.6 Å². The topological polar surface area (TPSA) is 41.7 Å². The number of nitrogens with zero attached hydrogens (tertiary/aromatic N) is 2. The second kappa shape index (κ2) is 5.48. The quantitative estimate of drug-likeness (QED) is 0.845. The van der Waals surface area contributed by atoms with Crippen molar-refractivity contribution >= 4 is 11.4 Å². The summed E-state index contributed by atoms with van der Waals surface area (Å²) in [6.45, 7) is 10.1. The molecule has 1 saturated heterocycles. The number of nitrogens with two attached hydrogens (primary N) is 1. The molecule has 1 heterocycles. The first kappa shape index (κ1) is 14.9. The fourth-order valence-electron chi connectivity index (χ4n) is 2.60. The van der Waals surface area contributed by atoms with E-state index in [9.17, 15) is 4.39 Å². The molecule has 2 rings (SSSR count). The van der Waals surface area contributed by atoms with Crippen LogP contribution in [0.1, 0.15) is 20.8 Å². The van der Waals surface area contributed by atoms with Gasteiger partial charge in [0.25, 0.3) is 0 Å². The van der Waals surface area contributed by atoms with Gasteiger partial charge in [-0.05, 0) is 20.8 Å². The Hall–Kier alpha value is -1.49. The van der Waals surface area contributed by atoms with Crippen LogP contribution in [0.15, 0.2) is 12.1 Å². The molecular weight excluding hydrogens is 257 g/mol. The van der Waals surface area contributed by atoms with Crippen LogP contribution in [0, 0.1) is 5.82 Å². The van der Waals surface area contributed by atoms with Crippen molar-refractivity contribution in [3.05, 3.63) is 17.9 Å². The molecule has 0 saturated carbocycles. The van der Waals surface area contributed by atoms with E-state index >= 15 is 0 Å². The van der Waals surface area contributed by atoms with Gasteiger partial charge in [-0.3, -0.25) is 4.90 Å². The number of piperazine rings is 1. The number of ether oxygens (including phenoxy) is 1. The molecule has 0 bridgehead atoms. The maximum atomic E-state index is 14.1. The molecule has 112 valence electrons. The number of nitrogen functional groups attached to an aromatic ring is 1. The van der Waals surface area contributed by atoms with Crippen molar-refractivity contribution in [3.8, 4) is 5.75 Å². The van der Waals surface area contributed by atoms with Gasteiger partial charge in [-0.1, -0.05) is 0 Å². The Morgan fingerprint density at radius 3 is 2.25 bits per heavy atom. The smallest absolute Gasteiger partial charge is 0.148 e. The first-order chi connectivity index (χ1) is 9.32. The van der Waals surface area contributed by atoms with Crippen LogP contribution in [0.25, 0.3) is 0 Å². The van der Waals surface area contributed by atoms with Gasteiger partial charge in [0.2, 0.25) is 0 Å². The molecule has 4 nitrogen and oxygen atoms in total. The maximum Gasteiger partial charge on any atom is 0.148 e. The lowest BCUT2D eigenvalue weighted by Gasteiger charge is -2.43. The van der Waals surface area contributed by atoms with E-state index in [1.54, 1.807) is 13.2 Å². The lowest BCUT2D eigenvalue weighted by atomic mass is 10.0. The van der Waals surface area contributed by atoms with Crippen LogP contribution in [-0.2, 0) is 0 Å². The Morgan fingerprint density at radius 1 is 1.15 bits per heavy atom. The zero-order valence-electron chi connectivity index (χ0n) is 12.7. The zero-order chi connectivity index (χ0) is 14.9. The summed E-state index contributed by atoms with van der Waals surface area (Å²) >= 11 is 0. The molecule has 0 atom stereocenters. The second-order valence-electron chi connectivity index (χ2n) is 6.19.